The minimum absolute atomic E-state index is 0.122. The van der Waals surface area contributed by atoms with Crippen LogP contribution in [0.25, 0.3) is 5.78 Å². The molecule has 21 heavy (non-hydrogen) atoms. The van der Waals surface area contributed by atoms with Gasteiger partial charge in [-0.2, -0.15) is 9.50 Å². The van der Waals surface area contributed by atoms with Crippen molar-refractivity contribution in [3.63, 3.8) is 0 Å². The quantitative estimate of drug-likeness (QED) is 0.778. The number of nitrogens with one attached hydrogen (secondary N) is 2. The minimum Gasteiger partial charge on any atom is -0.378 e. The number of rotatable bonds is 3. The fourth-order valence-electron chi connectivity index (χ4n) is 1.98. The molecule has 2 N–H and O–H groups in total. The van der Waals surface area contributed by atoms with E-state index in [0.29, 0.717) is 34.4 Å². The van der Waals surface area contributed by atoms with E-state index < -0.39 is 0 Å². The highest BCUT2D eigenvalue weighted by Gasteiger charge is 2.09. The Balaban J connectivity index is 1.86. The van der Waals surface area contributed by atoms with Crippen LogP contribution in [0.1, 0.15) is 17.1 Å². The van der Waals surface area contributed by atoms with Crippen LogP contribution >= 0.6 is 11.6 Å². The van der Waals surface area contributed by atoms with Gasteiger partial charge < -0.3 is 5.32 Å². The van der Waals surface area contributed by atoms with Gasteiger partial charge in [0.1, 0.15) is 5.82 Å². The summed E-state index contributed by atoms with van der Waals surface area (Å²) in [5.41, 5.74) is 2.12. The lowest BCUT2D eigenvalue weighted by Crippen LogP contribution is -2.19. The molecule has 0 bridgehead atoms. The van der Waals surface area contributed by atoms with Gasteiger partial charge in [-0.3, -0.25) is 9.89 Å². The van der Waals surface area contributed by atoms with Crippen LogP contribution in [0, 0.1) is 13.8 Å². The summed E-state index contributed by atoms with van der Waals surface area (Å²) in [5, 5.41) is 6.84. The Bertz CT molecular complexity index is 850. The molecule has 6 nitrogen and oxygen atoms in total. The van der Waals surface area contributed by atoms with Crippen LogP contribution in [-0.4, -0.2) is 19.6 Å². The highest BCUT2D eigenvalue weighted by molar-refractivity contribution is 6.30. The fraction of sp³-hybridized carbons (Fsp3) is 0.214. The Morgan fingerprint density at radius 2 is 1.95 bits per heavy atom. The third-order valence-corrected chi connectivity index (χ3v) is 3.57. The van der Waals surface area contributed by atoms with E-state index in [2.05, 4.69) is 20.4 Å². The Labute approximate surface area is 125 Å². The van der Waals surface area contributed by atoms with E-state index >= 15 is 0 Å². The summed E-state index contributed by atoms with van der Waals surface area (Å²) < 4.78 is 1.36. The molecule has 0 atom stereocenters. The second-order valence-electron chi connectivity index (χ2n) is 4.79. The molecule has 0 radical (unpaired) electrons. The summed E-state index contributed by atoms with van der Waals surface area (Å²) in [7, 11) is 0. The number of anilines is 1. The summed E-state index contributed by atoms with van der Waals surface area (Å²) >= 11 is 5.84. The number of aromatic nitrogens is 4. The third kappa shape index (κ3) is 2.62. The van der Waals surface area contributed by atoms with Crippen molar-refractivity contribution in [1.29, 1.82) is 0 Å². The van der Waals surface area contributed by atoms with Gasteiger partial charge in [0.15, 0.2) is 0 Å². The van der Waals surface area contributed by atoms with Crippen molar-refractivity contribution in [2.75, 3.05) is 5.32 Å². The predicted molar refractivity (Wildman–Crippen MR) is 81.9 cm³/mol. The normalized spacial score (nSPS) is 11.0. The van der Waals surface area contributed by atoms with Crippen molar-refractivity contribution in [3.05, 3.63) is 56.7 Å². The molecule has 7 heteroatoms. The molecular formula is C14H14ClN5O. The molecule has 0 fully saturated rings. The molecule has 0 unspecified atom stereocenters. The number of H-pyrrole nitrogens is 1. The van der Waals surface area contributed by atoms with Crippen LogP contribution in [-0.2, 0) is 6.54 Å². The first-order valence-electron chi connectivity index (χ1n) is 6.49. The van der Waals surface area contributed by atoms with Gasteiger partial charge in [-0.05, 0) is 38.1 Å². The number of aryl methyl sites for hydroxylation is 1. The topological polar surface area (TPSA) is 75.1 Å². The summed E-state index contributed by atoms with van der Waals surface area (Å²) in [6, 6.07) is 7.37. The van der Waals surface area contributed by atoms with E-state index in [0.717, 1.165) is 5.69 Å². The van der Waals surface area contributed by atoms with Crippen molar-refractivity contribution in [1.82, 2.24) is 19.6 Å². The number of fused-ring (bicyclic) bond motifs is 1. The number of benzene rings is 1. The molecule has 0 saturated carbocycles. The smallest absolute Gasteiger partial charge is 0.277 e. The van der Waals surface area contributed by atoms with Gasteiger partial charge in [0.05, 0.1) is 6.54 Å². The molecular weight excluding hydrogens is 290 g/mol. The standard InChI is InChI=1S/C14H14ClN5O/c1-8-9(2)17-14-18-12(19-20(14)13(8)21)7-16-11-5-3-10(15)4-6-11/h3-6,16H,7H2,1-2H3,(H,17,18,19). The zero-order chi connectivity index (χ0) is 15.0. The second-order valence-corrected chi connectivity index (χ2v) is 5.23. The molecule has 0 aliphatic carbocycles. The maximum absolute atomic E-state index is 12.1. The summed E-state index contributed by atoms with van der Waals surface area (Å²) in [6.45, 7) is 4.02. The highest BCUT2D eigenvalue weighted by Crippen LogP contribution is 2.13. The second kappa shape index (κ2) is 5.21. The average molecular weight is 304 g/mol. The van der Waals surface area contributed by atoms with Crippen LogP contribution in [0.15, 0.2) is 29.1 Å². The van der Waals surface area contributed by atoms with Crippen LogP contribution in [0.2, 0.25) is 5.02 Å². The first-order valence-corrected chi connectivity index (χ1v) is 6.86. The van der Waals surface area contributed by atoms with Crippen LogP contribution in [0.3, 0.4) is 0 Å². The molecule has 0 amide bonds. The van der Waals surface area contributed by atoms with Crippen LogP contribution in [0.5, 0.6) is 0 Å². The summed E-state index contributed by atoms with van der Waals surface area (Å²) in [4.78, 5) is 20.7. The molecule has 2 aromatic heterocycles. The van der Waals surface area contributed by atoms with Gasteiger partial charge >= 0.3 is 0 Å². The number of aromatic amines is 1. The van der Waals surface area contributed by atoms with E-state index in [1.165, 1.54) is 4.52 Å². The minimum atomic E-state index is -0.122. The monoisotopic (exact) mass is 303 g/mol. The highest BCUT2D eigenvalue weighted by atomic mass is 35.5. The molecule has 108 valence electrons. The van der Waals surface area contributed by atoms with Crippen LogP contribution in [0.4, 0.5) is 5.69 Å². The molecule has 0 aliphatic heterocycles. The zero-order valence-corrected chi connectivity index (χ0v) is 12.4. The predicted octanol–water partition coefficient (Wildman–Crippen LogP) is 2.30. The largest absolute Gasteiger partial charge is 0.378 e. The van der Waals surface area contributed by atoms with E-state index in [4.69, 9.17) is 11.6 Å². The molecule has 1 aromatic carbocycles. The van der Waals surface area contributed by atoms with Crippen molar-refractivity contribution in [3.8, 4) is 0 Å². The van der Waals surface area contributed by atoms with E-state index in [1.54, 1.807) is 26.0 Å². The molecule has 2 heterocycles. The SMILES string of the molecule is Cc1nc2nc(CNc3ccc(Cl)cc3)[nH]n2c(=O)c1C. The van der Waals surface area contributed by atoms with Gasteiger partial charge in [-0.1, -0.05) is 11.6 Å². The maximum atomic E-state index is 12.1. The van der Waals surface area contributed by atoms with Crippen molar-refractivity contribution in [2.24, 2.45) is 0 Å². The van der Waals surface area contributed by atoms with E-state index in [9.17, 15) is 4.79 Å². The molecule has 3 rings (SSSR count). The summed E-state index contributed by atoms with van der Waals surface area (Å²) in [5.74, 6) is 1.02. The third-order valence-electron chi connectivity index (χ3n) is 3.31. The lowest BCUT2D eigenvalue weighted by Gasteiger charge is -2.03. The summed E-state index contributed by atoms with van der Waals surface area (Å²) in [6.07, 6.45) is 0. The number of halogens is 1. The maximum Gasteiger partial charge on any atom is 0.277 e. The Morgan fingerprint density at radius 3 is 2.67 bits per heavy atom. The van der Waals surface area contributed by atoms with Crippen LogP contribution < -0.4 is 10.9 Å². The molecule has 0 aliphatic rings. The Hall–Kier alpha value is -2.34. The van der Waals surface area contributed by atoms with Crippen molar-refractivity contribution < 1.29 is 0 Å². The number of hydrogen-bond acceptors (Lipinski definition) is 4. The van der Waals surface area contributed by atoms with Gasteiger partial charge in [0.25, 0.3) is 11.3 Å². The Kier molecular flexibility index (Phi) is 3.39. The van der Waals surface area contributed by atoms with Gasteiger partial charge in [-0.25, -0.2) is 4.98 Å². The lowest BCUT2D eigenvalue weighted by atomic mass is 10.3. The number of hydrogen-bond donors (Lipinski definition) is 2. The number of nitrogens with zero attached hydrogens (tertiary/aromatic N) is 3. The van der Waals surface area contributed by atoms with Gasteiger partial charge in [0.2, 0.25) is 0 Å². The van der Waals surface area contributed by atoms with E-state index in [1.807, 2.05) is 12.1 Å². The van der Waals surface area contributed by atoms with Gasteiger partial charge in [-0.15, -0.1) is 0 Å². The molecule has 0 saturated heterocycles. The van der Waals surface area contributed by atoms with E-state index in [-0.39, 0.29) is 5.56 Å². The Morgan fingerprint density at radius 1 is 1.24 bits per heavy atom. The molecule has 0 spiro atoms. The lowest BCUT2D eigenvalue weighted by molar-refractivity contribution is 0.841. The first kappa shape index (κ1) is 13.6. The zero-order valence-electron chi connectivity index (χ0n) is 11.6. The van der Waals surface area contributed by atoms with Gasteiger partial charge in [0, 0.05) is 22.0 Å². The van der Waals surface area contributed by atoms with Crippen molar-refractivity contribution in [2.45, 2.75) is 20.4 Å². The van der Waals surface area contributed by atoms with Crippen molar-refractivity contribution >= 4 is 23.1 Å². The molecule has 3 aromatic rings. The fourth-order valence-corrected chi connectivity index (χ4v) is 2.11. The average Bonchev–Trinajstić information content (AvgIpc) is 2.87. The first-order chi connectivity index (χ1) is 10.0.